The minimum atomic E-state index is 0.114. The van der Waals surface area contributed by atoms with Gasteiger partial charge in [0.15, 0.2) is 11.5 Å². The minimum absolute atomic E-state index is 0.114. The van der Waals surface area contributed by atoms with Crippen molar-refractivity contribution in [2.45, 2.75) is 0 Å². The van der Waals surface area contributed by atoms with Gasteiger partial charge in [-0.3, -0.25) is 0 Å². The Morgan fingerprint density at radius 2 is 1.60 bits per heavy atom. The van der Waals surface area contributed by atoms with Crippen LogP contribution in [0.1, 0.15) is 0 Å². The number of phenols is 1. The molecule has 2 aromatic carbocycles. The van der Waals surface area contributed by atoms with Gasteiger partial charge < -0.3 is 9.84 Å². The Bertz CT molecular complexity index is 523. The SMILES string of the molecule is COc1c(O)c(Br)c2ccccc2c1Br. The fourth-order valence-corrected chi connectivity index (χ4v) is 2.73. The number of rotatable bonds is 1. The van der Waals surface area contributed by atoms with Gasteiger partial charge in [-0.05, 0) is 31.9 Å². The Morgan fingerprint density at radius 3 is 2.13 bits per heavy atom. The van der Waals surface area contributed by atoms with Crippen LogP contribution in [0, 0.1) is 0 Å². The largest absolute Gasteiger partial charge is 0.503 e. The molecule has 0 saturated carbocycles. The van der Waals surface area contributed by atoms with Gasteiger partial charge in [0.05, 0.1) is 16.1 Å². The molecule has 0 bridgehead atoms. The average Bonchev–Trinajstić information content (AvgIpc) is 2.27. The zero-order chi connectivity index (χ0) is 11.0. The van der Waals surface area contributed by atoms with Crippen molar-refractivity contribution in [1.29, 1.82) is 0 Å². The van der Waals surface area contributed by atoms with Gasteiger partial charge in [-0.2, -0.15) is 0 Å². The second kappa shape index (κ2) is 4.02. The summed E-state index contributed by atoms with van der Waals surface area (Å²) in [6, 6.07) is 7.76. The van der Waals surface area contributed by atoms with Crippen molar-refractivity contribution in [2.24, 2.45) is 0 Å². The molecule has 0 radical (unpaired) electrons. The molecule has 0 fully saturated rings. The smallest absolute Gasteiger partial charge is 0.176 e. The monoisotopic (exact) mass is 330 g/mol. The van der Waals surface area contributed by atoms with Crippen LogP contribution in [-0.2, 0) is 0 Å². The minimum Gasteiger partial charge on any atom is -0.503 e. The van der Waals surface area contributed by atoms with Crippen molar-refractivity contribution < 1.29 is 9.84 Å². The number of phenolic OH excluding ortho intramolecular Hbond substituents is 1. The quantitative estimate of drug-likeness (QED) is 0.853. The molecule has 0 heterocycles. The van der Waals surface area contributed by atoms with Crippen LogP contribution in [-0.4, -0.2) is 12.2 Å². The van der Waals surface area contributed by atoms with Crippen molar-refractivity contribution in [3.8, 4) is 11.5 Å². The van der Waals surface area contributed by atoms with Crippen LogP contribution >= 0.6 is 31.9 Å². The van der Waals surface area contributed by atoms with Crippen LogP contribution in [0.2, 0.25) is 0 Å². The molecule has 15 heavy (non-hydrogen) atoms. The second-order valence-corrected chi connectivity index (χ2v) is 4.64. The van der Waals surface area contributed by atoms with Crippen molar-refractivity contribution in [3.63, 3.8) is 0 Å². The van der Waals surface area contributed by atoms with E-state index in [0.717, 1.165) is 15.2 Å². The molecular formula is C11H8Br2O2. The van der Waals surface area contributed by atoms with E-state index in [1.54, 1.807) is 0 Å². The Balaban J connectivity index is 2.96. The first-order valence-corrected chi connectivity index (χ1v) is 5.88. The molecule has 4 heteroatoms. The Kier molecular flexibility index (Phi) is 2.89. The number of halogens is 2. The average molecular weight is 332 g/mol. The van der Waals surface area contributed by atoms with Crippen molar-refractivity contribution in [3.05, 3.63) is 33.2 Å². The van der Waals surface area contributed by atoms with Gasteiger partial charge in [-0.15, -0.1) is 0 Å². The first-order valence-electron chi connectivity index (χ1n) is 4.29. The van der Waals surface area contributed by atoms with E-state index in [1.165, 1.54) is 7.11 Å². The molecule has 0 aliphatic heterocycles. The predicted octanol–water partition coefficient (Wildman–Crippen LogP) is 4.08. The maximum Gasteiger partial charge on any atom is 0.176 e. The highest BCUT2D eigenvalue weighted by molar-refractivity contribution is 9.11. The number of ether oxygens (including phenoxy) is 1. The Morgan fingerprint density at radius 1 is 1.07 bits per heavy atom. The van der Waals surface area contributed by atoms with E-state index in [9.17, 15) is 5.11 Å². The highest BCUT2D eigenvalue weighted by atomic mass is 79.9. The second-order valence-electron chi connectivity index (χ2n) is 3.06. The molecule has 0 aliphatic carbocycles. The first-order chi connectivity index (χ1) is 7.16. The van der Waals surface area contributed by atoms with E-state index in [2.05, 4.69) is 31.9 Å². The van der Waals surface area contributed by atoms with E-state index < -0.39 is 0 Å². The van der Waals surface area contributed by atoms with E-state index >= 15 is 0 Å². The fraction of sp³-hybridized carbons (Fsp3) is 0.0909. The third kappa shape index (κ3) is 1.62. The van der Waals surface area contributed by atoms with Gasteiger partial charge in [0.1, 0.15) is 0 Å². The molecule has 0 saturated heterocycles. The summed E-state index contributed by atoms with van der Waals surface area (Å²) < 4.78 is 6.55. The van der Waals surface area contributed by atoms with E-state index in [4.69, 9.17) is 4.74 Å². The van der Waals surface area contributed by atoms with E-state index in [0.29, 0.717) is 10.2 Å². The zero-order valence-corrected chi connectivity index (χ0v) is 11.1. The summed E-state index contributed by atoms with van der Waals surface area (Å²) in [7, 11) is 1.53. The molecule has 2 nitrogen and oxygen atoms in total. The van der Waals surface area contributed by atoms with Crippen LogP contribution in [0.15, 0.2) is 33.2 Å². The van der Waals surface area contributed by atoms with Gasteiger partial charge in [0, 0.05) is 10.8 Å². The summed E-state index contributed by atoms with van der Waals surface area (Å²) in [6.07, 6.45) is 0. The number of fused-ring (bicyclic) bond motifs is 1. The van der Waals surface area contributed by atoms with Gasteiger partial charge in [0.25, 0.3) is 0 Å². The molecule has 0 spiro atoms. The maximum absolute atomic E-state index is 9.87. The summed E-state index contributed by atoms with van der Waals surface area (Å²) in [5.74, 6) is 0.559. The molecule has 0 aromatic heterocycles. The van der Waals surface area contributed by atoms with E-state index in [-0.39, 0.29) is 5.75 Å². The lowest BCUT2D eigenvalue weighted by Gasteiger charge is -2.11. The zero-order valence-electron chi connectivity index (χ0n) is 7.92. The molecule has 0 atom stereocenters. The first kappa shape index (κ1) is 10.8. The molecule has 1 N–H and O–H groups in total. The normalized spacial score (nSPS) is 10.6. The highest BCUT2D eigenvalue weighted by Crippen LogP contribution is 2.46. The van der Waals surface area contributed by atoms with Crippen molar-refractivity contribution in [2.75, 3.05) is 7.11 Å². The van der Waals surface area contributed by atoms with Crippen LogP contribution in [0.25, 0.3) is 10.8 Å². The van der Waals surface area contributed by atoms with Gasteiger partial charge in [0.2, 0.25) is 0 Å². The van der Waals surface area contributed by atoms with Crippen LogP contribution in [0.5, 0.6) is 11.5 Å². The summed E-state index contributed by atoms with van der Waals surface area (Å²) in [4.78, 5) is 0. The summed E-state index contributed by atoms with van der Waals surface area (Å²) in [6.45, 7) is 0. The molecule has 0 amide bonds. The molecule has 0 aliphatic rings. The summed E-state index contributed by atoms with van der Waals surface area (Å²) in [5.41, 5.74) is 0. The van der Waals surface area contributed by atoms with Crippen molar-refractivity contribution in [1.82, 2.24) is 0 Å². The number of hydrogen-bond donors (Lipinski definition) is 1. The third-order valence-electron chi connectivity index (χ3n) is 2.23. The fourth-order valence-electron chi connectivity index (χ4n) is 1.51. The lowest BCUT2D eigenvalue weighted by atomic mass is 10.1. The standard InChI is InChI=1S/C11H8Br2O2/c1-15-11-9(13)7-5-3-2-4-6(7)8(12)10(11)14/h2-5,14H,1H3. The topological polar surface area (TPSA) is 29.5 Å². The molecular weight excluding hydrogens is 324 g/mol. The van der Waals surface area contributed by atoms with Gasteiger partial charge in [-0.25, -0.2) is 0 Å². The number of aromatic hydroxyl groups is 1. The van der Waals surface area contributed by atoms with Gasteiger partial charge >= 0.3 is 0 Å². The van der Waals surface area contributed by atoms with Crippen LogP contribution < -0.4 is 4.74 Å². The lowest BCUT2D eigenvalue weighted by molar-refractivity contribution is 0.371. The molecule has 0 unspecified atom stereocenters. The van der Waals surface area contributed by atoms with Crippen LogP contribution in [0.4, 0.5) is 0 Å². The third-order valence-corrected chi connectivity index (χ3v) is 3.82. The Hall–Kier alpha value is -0.740. The number of methoxy groups -OCH3 is 1. The van der Waals surface area contributed by atoms with Crippen molar-refractivity contribution >= 4 is 42.6 Å². The van der Waals surface area contributed by atoms with Gasteiger partial charge in [-0.1, -0.05) is 24.3 Å². The number of benzene rings is 2. The Labute approximate surface area is 104 Å². The molecule has 2 rings (SSSR count). The molecule has 2 aromatic rings. The van der Waals surface area contributed by atoms with E-state index in [1.807, 2.05) is 24.3 Å². The summed E-state index contributed by atoms with van der Waals surface area (Å²) >= 11 is 6.78. The summed E-state index contributed by atoms with van der Waals surface area (Å²) in [5, 5.41) is 11.8. The highest BCUT2D eigenvalue weighted by Gasteiger charge is 2.15. The van der Waals surface area contributed by atoms with Crippen LogP contribution in [0.3, 0.4) is 0 Å². The lowest BCUT2D eigenvalue weighted by Crippen LogP contribution is -1.88. The number of hydrogen-bond acceptors (Lipinski definition) is 2. The molecule has 78 valence electrons. The predicted molar refractivity (Wildman–Crippen MR) is 67.6 cm³/mol. The maximum atomic E-state index is 9.87.